The Balaban J connectivity index is 1.43. The molecule has 0 saturated carbocycles. The second-order valence-corrected chi connectivity index (χ2v) is 10.6. The number of carbonyl (C=O) groups is 3. The molecule has 3 aromatic carbocycles. The van der Waals surface area contributed by atoms with E-state index in [2.05, 4.69) is 20.2 Å². The lowest BCUT2D eigenvalue weighted by Gasteiger charge is -2.30. The number of nitrogens with zero attached hydrogens (tertiary/aromatic N) is 3. The number of hydrogen-bond acceptors (Lipinski definition) is 6. The van der Waals surface area contributed by atoms with E-state index >= 15 is 0 Å². The van der Waals surface area contributed by atoms with Crippen molar-refractivity contribution in [3.8, 4) is 11.3 Å². The van der Waals surface area contributed by atoms with Gasteiger partial charge in [-0.15, -0.1) is 5.10 Å². The number of carbonyl (C=O) groups excluding carboxylic acids is 3. The highest BCUT2D eigenvalue weighted by atomic mass is 32.1. The molecule has 200 valence electrons. The summed E-state index contributed by atoms with van der Waals surface area (Å²) in [6, 6.07) is 21.5. The molecule has 1 aliphatic rings. The molecule has 0 spiro atoms. The molecule has 1 unspecified atom stereocenters. The summed E-state index contributed by atoms with van der Waals surface area (Å²) in [7, 11) is 0. The second kappa shape index (κ2) is 11.7. The smallest absolute Gasteiger partial charge is 0.250 e. The van der Waals surface area contributed by atoms with Crippen LogP contribution in [0.2, 0.25) is 0 Å². The number of anilines is 1. The maximum Gasteiger partial charge on any atom is 0.250 e. The standard InChI is InChI=1S/C30H31N5O3S/c1-3-19(2)27(36)31-26(23-16-9-14-20-11-7-8-15-22(20)23)30(38)35-18-10-17-24(35)28(37)32-29-25(33-34-39-29)21-12-5-4-6-13-21/h4-9,11-16,19,24,26H,3,10,17-18H2,1-2H3,(H,31,36)(H,32,37)/t19?,24-,26-/m0/s1. The van der Waals surface area contributed by atoms with Crippen molar-refractivity contribution in [2.75, 3.05) is 11.9 Å². The summed E-state index contributed by atoms with van der Waals surface area (Å²) in [6.07, 6.45) is 1.88. The summed E-state index contributed by atoms with van der Waals surface area (Å²) in [5.41, 5.74) is 2.17. The van der Waals surface area contributed by atoms with E-state index in [-0.39, 0.29) is 23.6 Å². The first-order chi connectivity index (χ1) is 19.0. The van der Waals surface area contributed by atoms with Gasteiger partial charge >= 0.3 is 0 Å². The lowest BCUT2D eigenvalue weighted by atomic mass is 9.96. The highest BCUT2D eigenvalue weighted by Crippen LogP contribution is 2.32. The summed E-state index contributed by atoms with van der Waals surface area (Å²) in [5.74, 6) is -1.00. The molecule has 5 rings (SSSR count). The monoisotopic (exact) mass is 541 g/mol. The van der Waals surface area contributed by atoms with Gasteiger partial charge in [0.1, 0.15) is 22.8 Å². The van der Waals surface area contributed by atoms with E-state index in [0.29, 0.717) is 36.5 Å². The van der Waals surface area contributed by atoms with E-state index in [1.165, 1.54) is 0 Å². The van der Waals surface area contributed by atoms with Crippen LogP contribution < -0.4 is 10.6 Å². The van der Waals surface area contributed by atoms with Crippen LogP contribution >= 0.6 is 11.5 Å². The normalized spacial score (nSPS) is 16.6. The Morgan fingerprint density at radius 3 is 2.56 bits per heavy atom. The average Bonchev–Trinajstić information content (AvgIpc) is 3.65. The third-order valence-electron chi connectivity index (χ3n) is 7.34. The van der Waals surface area contributed by atoms with Gasteiger partial charge in [0, 0.05) is 29.6 Å². The molecule has 9 heteroatoms. The summed E-state index contributed by atoms with van der Waals surface area (Å²) < 4.78 is 4.04. The minimum atomic E-state index is -0.907. The molecule has 3 amide bonds. The van der Waals surface area contributed by atoms with E-state index < -0.39 is 12.1 Å². The molecule has 0 aliphatic carbocycles. The van der Waals surface area contributed by atoms with Crippen LogP contribution in [0.1, 0.15) is 44.7 Å². The van der Waals surface area contributed by atoms with E-state index in [4.69, 9.17) is 0 Å². The Bertz CT molecular complexity index is 1480. The Kier molecular flexibility index (Phi) is 7.97. The largest absolute Gasteiger partial charge is 0.340 e. The molecule has 1 aromatic heterocycles. The van der Waals surface area contributed by atoms with Crippen LogP contribution in [0.25, 0.3) is 22.0 Å². The molecule has 1 saturated heterocycles. The van der Waals surface area contributed by atoms with Gasteiger partial charge in [0.05, 0.1) is 0 Å². The fraction of sp³-hybridized carbons (Fsp3) is 0.300. The topological polar surface area (TPSA) is 104 Å². The van der Waals surface area contributed by atoms with Gasteiger partial charge in [0.2, 0.25) is 11.8 Å². The zero-order valence-corrected chi connectivity index (χ0v) is 22.8. The van der Waals surface area contributed by atoms with Crippen molar-refractivity contribution < 1.29 is 14.4 Å². The molecule has 0 bridgehead atoms. The Hall–Kier alpha value is -4.11. The number of benzene rings is 3. The number of nitrogens with one attached hydrogen (secondary N) is 2. The molecule has 2 N–H and O–H groups in total. The van der Waals surface area contributed by atoms with Crippen molar-refractivity contribution in [2.24, 2.45) is 5.92 Å². The number of fused-ring (bicyclic) bond motifs is 1. The van der Waals surface area contributed by atoms with Gasteiger partial charge in [0.25, 0.3) is 5.91 Å². The van der Waals surface area contributed by atoms with Crippen LogP contribution in [0.3, 0.4) is 0 Å². The number of hydrogen-bond donors (Lipinski definition) is 2. The van der Waals surface area contributed by atoms with Gasteiger partial charge in [-0.2, -0.15) is 0 Å². The SMILES string of the molecule is CCC(C)C(=O)N[C@H](C(=O)N1CCC[C@H]1C(=O)Nc1snnc1-c1ccccc1)c1cccc2ccccc12. The minimum Gasteiger partial charge on any atom is -0.340 e. The first-order valence-corrected chi connectivity index (χ1v) is 14.0. The summed E-state index contributed by atoms with van der Waals surface area (Å²) in [6.45, 7) is 4.22. The van der Waals surface area contributed by atoms with E-state index in [1.54, 1.807) is 4.90 Å². The van der Waals surface area contributed by atoms with Crippen molar-refractivity contribution >= 4 is 45.0 Å². The molecule has 3 atom stereocenters. The van der Waals surface area contributed by atoms with Gasteiger partial charge in [-0.05, 0) is 35.6 Å². The van der Waals surface area contributed by atoms with Crippen LogP contribution in [-0.4, -0.2) is 44.8 Å². The van der Waals surface area contributed by atoms with Gasteiger partial charge in [-0.3, -0.25) is 14.4 Å². The molecule has 39 heavy (non-hydrogen) atoms. The second-order valence-electron chi connectivity index (χ2n) is 9.81. The maximum absolute atomic E-state index is 14.2. The van der Waals surface area contributed by atoms with Gasteiger partial charge in [-0.25, -0.2) is 0 Å². The lowest BCUT2D eigenvalue weighted by molar-refractivity contribution is -0.140. The summed E-state index contributed by atoms with van der Waals surface area (Å²) >= 11 is 1.11. The maximum atomic E-state index is 14.2. The molecular formula is C30H31N5O3S. The van der Waals surface area contributed by atoms with Crippen molar-refractivity contribution in [1.29, 1.82) is 0 Å². The van der Waals surface area contributed by atoms with E-state index in [1.807, 2.05) is 86.6 Å². The molecule has 1 aliphatic heterocycles. The third kappa shape index (κ3) is 5.54. The molecule has 2 heterocycles. The highest BCUT2D eigenvalue weighted by molar-refractivity contribution is 7.10. The van der Waals surface area contributed by atoms with Crippen LogP contribution in [0.5, 0.6) is 0 Å². The van der Waals surface area contributed by atoms with Crippen LogP contribution in [0.4, 0.5) is 5.00 Å². The number of likely N-dealkylation sites (tertiary alicyclic amines) is 1. The molecule has 4 aromatic rings. The average molecular weight is 542 g/mol. The van der Waals surface area contributed by atoms with E-state index in [9.17, 15) is 14.4 Å². The van der Waals surface area contributed by atoms with Crippen LogP contribution in [0.15, 0.2) is 72.8 Å². The number of aromatic nitrogens is 2. The summed E-state index contributed by atoms with van der Waals surface area (Å²) in [4.78, 5) is 42.3. The third-order valence-corrected chi connectivity index (χ3v) is 7.98. The van der Waals surface area contributed by atoms with Gasteiger partial charge in [0.15, 0.2) is 0 Å². The van der Waals surface area contributed by atoms with Crippen molar-refractivity contribution in [3.63, 3.8) is 0 Å². The zero-order valence-electron chi connectivity index (χ0n) is 22.0. The van der Waals surface area contributed by atoms with Crippen molar-refractivity contribution in [2.45, 2.75) is 45.2 Å². The van der Waals surface area contributed by atoms with Gasteiger partial charge < -0.3 is 15.5 Å². The molecule has 1 fully saturated rings. The Morgan fingerprint density at radius 1 is 1.03 bits per heavy atom. The number of amides is 3. The number of rotatable bonds is 8. The molecule has 0 radical (unpaired) electrons. The predicted octanol–water partition coefficient (Wildman–Crippen LogP) is 5.19. The van der Waals surface area contributed by atoms with Crippen molar-refractivity contribution in [3.05, 3.63) is 78.4 Å². The fourth-order valence-corrected chi connectivity index (χ4v) is 5.56. The first-order valence-electron chi connectivity index (χ1n) is 13.2. The summed E-state index contributed by atoms with van der Waals surface area (Å²) in [5, 5.41) is 12.6. The predicted molar refractivity (Wildman–Crippen MR) is 153 cm³/mol. The van der Waals surface area contributed by atoms with Gasteiger partial charge in [-0.1, -0.05) is 91.1 Å². The van der Waals surface area contributed by atoms with E-state index in [0.717, 1.165) is 33.4 Å². The first kappa shape index (κ1) is 26.5. The lowest BCUT2D eigenvalue weighted by Crippen LogP contribution is -2.49. The van der Waals surface area contributed by atoms with Crippen LogP contribution in [-0.2, 0) is 14.4 Å². The Morgan fingerprint density at radius 2 is 1.77 bits per heavy atom. The highest BCUT2D eigenvalue weighted by Gasteiger charge is 2.39. The zero-order chi connectivity index (χ0) is 27.4. The fourth-order valence-electron chi connectivity index (χ4n) is 4.97. The minimum absolute atomic E-state index is 0.188. The Labute approximate surface area is 231 Å². The molecule has 8 nitrogen and oxygen atoms in total. The quantitative estimate of drug-likeness (QED) is 0.319. The molecular weight excluding hydrogens is 510 g/mol. The van der Waals surface area contributed by atoms with Crippen molar-refractivity contribution in [1.82, 2.24) is 19.8 Å². The van der Waals surface area contributed by atoms with Crippen LogP contribution in [0, 0.1) is 5.92 Å².